The van der Waals surface area contributed by atoms with E-state index in [2.05, 4.69) is 28.2 Å². The highest BCUT2D eigenvalue weighted by Gasteiger charge is 2.20. The third-order valence-electron chi connectivity index (χ3n) is 1.89. The van der Waals surface area contributed by atoms with Crippen molar-refractivity contribution in [3.63, 3.8) is 0 Å². The summed E-state index contributed by atoms with van der Waals surface area (Å²) in [4.78, 5) is 11.5. The van der Waals surface area contributed by atoms with E-state index in [0.29, 0.717) is 5.92 Å². The van der Waals surface area contributed by atoms with Gasteiger partial charge in [-0.05, 0) is 12.3 Å². The van der Waals surface area contributed by atoms with Crippen molar-refractivity contribution in [1.29, 1.82) is 0 Å². The van der Waals surface area contributed by atoms with E-state index in [1.165, 1.54) is 0 Å². The molecule has 0 aromatic rings. The first kappa shape index (κ1) is 12.9. The van der Waals surface area contributed by atoms with Gasteiger partial charge in [-0.3, -0.25) is 4.79 Å². The molecule has 0 saturated heterocycles. The second-order valence-electron chi connectivity index (χ2n) is 4.54. The first-order valence-corrected chi connectivity index (χ1v) is 5.84. The number of rotatable bonds is 4. The molecule has 0 saturated carbocycles. The highest BCUT2D eigenvalue weighted by atomic mass is 79.9. The largest absolute Gasteiger partial charge is 0.355 e. The Morgan fingerprint density at radius 1 is 1.46 bits per heavy atom. The van der Waals surface area contributed by atoms with Gasteiger partial charge in [0.1, 0.15) is 0 Å². The zero-order chi connectivity index (χ0) is 10.5. The third kappa shape index (κ3) is 6.08. The maximum Gasteiger partial charge on any atom is 0.225 e. The summed E-state index contributed by atoms with van der Waals surface area (Å²) in [5.74, 6) is 0.680. The standard InChI is InChI=1S/C10H20BrNO/c1-8(5-6-11)7-12-9(13)10(2,3)4/h8H,5-7H2,1-4H3,(H,12,13). The number of carbonyl (C=O) groups is 1. The second kappa shape index (κ2) is 5.63. The SMILES string of the molecule is CC(CCBr)CNC(=O)C(C)(C)C. The first-order chi connectivity index (χ1) is 5.88. The molecule has 0 heterocycles. The van der Waals surface area contributed by atoms with E-state index >= 15 is 0 Å². The maximum absolute atomic E-state index is 11.5. The first-order valence-electron chi connectivity index (χ1n) is 4.72. The molecule has 0 aromatic carbocycles. The van der Waals surface area contributed by atoms with Crippen molar-refractivity contribution in [2.75, 3.05) is 11.9 Å². The number of nitrogens with one attached hydrogen (secondary N) is 1. The van der Waals surface area contributed by atoms with Crippen molar-refractivity contribution in [2.24, 2.45) is 11.3 Å². The van der Waals surface area contributed by atoms with Gasteiger partial charge in [0.05, 0.1) is 0 Å². The summed E-state index contributed by atoms with van der Waals surface area (Å²) >= 11 is 3.38. The molecular weight excluding hydrogens is 230 g/mol. The van der Waals surface area contributed by atoms with Gasteiger partial charge in [0.25, 0.3) is 0 Å². The molecule has 0 spiro atoms. The van der Waals surface area contributed by atoms with Crippen LogP contribution in [0.2, 0.25) is 0 Å². The molecule has 2 nitrogen and oxygen atoms in total. The minimum Gasteiger partial charge on any atom is -0.355 e. The van der Waals surface area contributed by atoms with Crippen LogP contribution in [0.25, 0.3) is 0 Å². The van der Waals surface area contributed by atoms with Gasteiger partial charge < -0.3 is 5.32 Å². The molecule has 0 radical (unpaired) electrons. The molecule has 1 unspecified atom stereocenters. The lowest BCUT2D eigenvalue weighted by Crippen LogP contribution is -2.37. The maximum atomic E-state index is 11.5. The van der Waals surface area contributed by atoms with Crippen LogP contribution in [-0.4, -0.2) is 17.8 Å². The normalized spacial score (nSPS) is 13.9. The molecule has 1 atom stereocenters. The summed E-state index contributed by atoms with van der Waals surface area (Å²) in [6.45, 7) is 8.71. The molecule has 0 bridgehead atoms. The minimum absolute atomic E-state index is 0.133. The number of amides is 1. The number of hydrogen-bond donors (Lipinski definition) is 1. The topological polar surface area (TPSA) is 29.1 Å². The van der Waals surface area contributed by atoms with E-state index < -0.39 is 0 Å². The van der Waals surface area contributed by atoms with Crippen LogP contribution in [0.5, 0.6) is 0 Å². The molecule has 0 aromatic heterocycles. The van der Waals surface area contributed by atoms with Gasteiger partial charge in [-0.2, -0.15) is 0 Å². The highest BCUT2D eigenvalue weighted by Crippen LogP contribution is 2.13. The van der Waals surface area contributed by atoms with Crippen LogP contribution in [0.15, 0.2) is 0 Å². The van der Waals surface area contributed by atoms with Crippen molar-refractivity contribution in [2.45, 2.75) is 34.1 Å². The molecule has 0 rings (SSSR count). The van der Waals surface area contributed by atoms with Crippen LogP contribution in [0, 0.1) is 11.3 Å². The Bertz CT molecular complexity index is 163. The molecular formula is C10H20BrNO. The van der Waals surface area contributed by atoms with Crippen LogP contribution in [0.3, 0.4) is 0 Å². The summed E-state index contributed by atoms with van der Waals surface area (Å²) in [5, 5.41) is 3.95. The van der Waals surface area contributed by atoms with E-state index in [-0.39, 0.29) is 11.3 Å². The van der Waals surface area contributed by atoms with Crippen LogP contribution in [0.1, 0.15) is 34.1 Å². The molecule has 0 aliphatic carbocycles. The predicted molar refractivity (Wildman–Crippen MR) is 60.0 cm³/mol. The van der Waals surface area contributed by atoms with Crippen LogP contribution >= 0.6 is 15.9 Å². The van der Waals surface area contributed by atoms with Crippen molar-refractivity contribution < 1.29 is 4.79 Å². The molecule has 1 N–H and O–H groups in total. The van der Waals surface area contributed by atoms with Crippen molar-refractivity contribution in [3.05, 3.63) is 0 Å². The molecule has 1 amide bonds. The van der Waals surface area contributed by atoms with Crippen molar-refractivity contribution >= 4 is 21.8 Å². The van der Waals surface area contributed by atoms with Gasteiger partial charge in [0, 0.05) is 17.3 Å². The fraction of sp³-hybridized carbons (Fsp3) is 0.900. The van der Waals surface area contributed by atoms with Gasteiger partial charge >= 0.3 is 0 Å². The van der Waals surface area contributed by atoms with Gasteiger partial charge in [-0.1, -0.05) is 43.6 Å². The van der Waals surface area contributed by atoms with Gasteiger partial charge in [0.2, 0.25) is 5.91 Å². The highest BCUT2D eigenvalue weighted by molar-refractivity contribution is 9.09. The molecule has 3 heteroatoms. The lowest BCUT2D eigenvalue weighted by molar-refractivity contribution is -0.128. The molecule has 0 fully saturated rings. The molecule has 0 aliphatic heterocycles. The number of halogens is 1. The molecule has 13 heavy (non-hydrogen) atoms. The smallest absolute Gasteiger partial charge is 0.225 e. The Morgan fingerprint density at radius 3 is 2.38 bits per heavy atom. The second-order valence-corrected chi connectivity index (χ2v) is 5.34. The monoisotopic (exact) mass is 249 g/mol. The predicted octanol–water partition coefficient (Wildman–Crippen LogP) is 2.57. The zero-order valence-electron chi connectivity index (χ0n) is 8.98. The lowest BCUT2D eigenvalue weighted by Gasteiger charge is -2.19. The zero-order valence-corrected chi connectivity index (χ0v) is 10.6. The van der Waals surface area contributed by atoms with E-state index in [1.54, 1.807) is 0 Å². The Morgan fingerprint density at radius 2 is 2.00 bits per heavy atom. The summed E-state index contributed by atoms with van der Waals surface area (Å²) in [6, 6.07) is 0. The summed E-state index contributed by atoms with van der Waals surface area (Å²) < 4.78 is 0. The van der Waals surface area contributed by atoms with Crippen LogP contribution in [0.4, 0.5) is 0 Å². The number of carbonyl (C=O) groups excluding carboxylic acids is 1. The quantitative estimate of drug-likeness (QED) is 0.763. The Hall–Kier alpha value is -0.0500. The van der Waals surface area contributed by atoms with E-state index in [0.717, 1.165) is 18.3 Å². The Kier molecular flexibility index (Phi) is 5.61. The fourth-order valence-corrected chi connectivity index (χ4v) is 1.60. The average Bonchev–Trinajstić information content (AvgIpc) is 1.99. The number of hydrogen-bond acceptors (Lipinski definition) is 1. The average molecular weight is 250 g/mol. The summed E-state index contributed by atoms with van der Waals surface area (Å²) in [7, 11) is 0. The molecule has 0 aliphatic rings. The summed E-state index contributed by atoms with van der Waals surface area (Å²) in [6.07, 6.45) is 1.10. The Labute approximate surface area is 89.6 Å². The van der Waals surface area contributed by atoms with E-state index in [1.807, 2.05) is 20.8 Å². The third-order valence-corrected chi connectivity index (χ3v) is 2.35. The number of alkyl halides is 1. The molecule has 78 valence electrons. The lowest BCUT2D eigenvalue weighted by atomic mass is 9.95. The fourth-order valence-electron chi connectivity index (χ4n) is 0.820. The minimum atomic E-state index is -0.270. The van der Waals surface area contributed by atoms with E-state index in [9.17, 15) is 4.79 Å². The van der Waals surface area contributed by atoms with E-state index in [4.69, 9.17) is 0 Å². The van der Waals surface area contributed by atoms with Crippen LogP contribution < -0.4 is 5.32 Å². The van der Waals surface area contributed by atoms with Gasteiger partial charge in [-0.15, -0.1) is 0 Å². The van der Waals surface area contributed by atoms with Crippen LogP contribution in [-0.2, 0) is 4.79 Å². The van der Waals surface area contributed by atoms with Crippen molar-refractivity contribution in [1.82, 2.24) is 5.32 Å². The summed E-state index contributed by atoms with van der Waals surface area (Å²) in [5.41, 5.74) is -0.270. The van der Waals surface area contributed by atoms with Gasteiger partial charge in [-0.25, -0.2) is 0 Å². The Balaban J connectivity index is 3.71. The van der Waals surface area contributed by atoms with Crippen molar-refractivity contribution in [3.8, 4) is 0 Å². The van der Waals surface area contributed by atoms with Gasteiger partial charge in [0.15, 0.2) is 0 Å².